The standard InChI is InChI=1S/C64H37N9/c65-38-44-33-45(39-66)63(72-60-27-23-42(54-17-7-11-31-69-54)36-50(60)51-37-43(24-28-61(51)72)55-18-8-12-32-70-55)64(73-56-19-3-1-13-46(56)47-14-2-4-20-57(47)73)62(44)71-58-25-21-40(52-15-5-9-29-67-52)34-48(58)49-35-41(22-26-59(49)71)53-16-6-10-30-68-53/h1-37H. The van der Waals surface area contributed by atoms with E-state index < -0.39 is 0 Å². The van der Waals surface area contributed by atoms with Gasteiger partial charge in [0, 0.05) is 79.4 Å². The maximum Gasteiger partial charge on any atom is 0.101 e. The Balaban J connectivity index is 1.18. The minimum atomic E-state index is 0.342. The molecule has 338 valence electrons. The summed E-state index contributed by atoms with van der Waals surface area (Å²) in [5.74, 6) is 0. The highest BCUT2D eigenvalue weighted by Crippen LogP contribution is 2.47. The lowest BCUT2D eigenvalue weighted by atomic mass is 10.0. The van der Waals surface area contributed by atoms with Gasteiger partial charge in [0.1, 0.15) is 12.1 Å². The van der Waals surface area contributed by atoms with Crippen LogP contribution in [0.2, 0.25) is 0 Å². The highest BCUT2D eigenvalue weighted by Gasteiger charge is 2.30. The maximum absolute atomic E-state index is 11.6. The Hall–Kier alpha value is -10.5. The molecule has 7 heterocycles. The Kier molecular flexibility index (Phi) is 9.43. The van der Waals surface area contributed by atoms with Gasteiger partial charge in [-0.3, -0.25) is 19.9 Å². The predicted molar refractivity (Wildman–Crippen MR) is 292 cm³/mol. The topological polar surface area (TPSA) is 114 Å². The molecule has 0 saturated carbocycles. The van der Waals surface area contributed by atoms with Gasteiger partial charge in [0.15, 0.2) is 0 Å². The van der Waals surface area contributed by atoms with Crippen LogP contribution in [-0.4, -0.2) is 33.6 Å². The van der Waals surface area contributed by atoms with E-state index in [2.05, 4.69) is 135 Å². The maximum atomic E-state index is 11.6. The normalized spacial score (nSPS) is 11.5. The summed E-state index contributed by atoms with van der Waals surface area (Å²) in [5, 5.41) is 29.3. The van der Waals surface area contributed by atoms with Gasteiger partial charge in [0.25, 0.3) is 0 Å². The van der Waals surface area contributed by atoms with Crippen molar-refractivity contribution < 1.29 is 0 Å². The molecule has 0 bridgehead atoms. The first kappa shape index (κ1) is 41.5. The lowest BCUT2D eigenvalue weighted by molar-refractivity contribution is 1.04. The van der Waals surface area contributed by atoms with Crippen molar-refractivity contribution in [2.24, 2.45) is 0 Å². The van der Waals surface area contributed by atoms with E-state index in [-0.39, 0.29) is 0 Å². The fraction of sp³-hybridized carbons (Fsp3) is 0. The highest BCUT2D eigenvalue weighted by atomic mass is 15.1. The van der Waals surface area contributed by atoms with Crippen LogP contribution >= 0.6 is 0 Å². The van der Waals surface area contributed by atoms with Gasteiger partial charge in [-0.15, -0.1) is 0 Å². The molecule has 14 rings (SSSR count). The number of nitrogens with zero attached hydrogens (tertiary/aromatic N) is 9. The zero-order valence-electron chi connectivity index (χ0n) is 38.9. The molecule has 9 nitrogen and oxygen atoms in total. The lowest BCUT2D eigenvalue weighted by Crippen LogP contribution is -2.13. The molecule has 0 atom stereocenters. The first-order valence-corrected chi connectivity index (χ1v) is 24.0. The van der Waals surface area contributed by atoms with Crippen LogP contribution in [0.1, 0.15) is 11.1 Å². The number of pyridine rings is 4. The summed E-state index contributed by atoms with van der Waals surface area (Å²) < 4.78 is 6.72. The van der Waals surface area contributed by atoms with Crippen LogP contribution in [0, 0.1) is 22.7 Å². The fourth-order valence-electron chi connectivity index (χ4n) is 10.9. The molecule has 14 aromatic rings. The molecular formula is C64H37N9. The molecule has 7 aromatic heterocycles. The van der Waals surface area contributed by atoms with Gasteiger partial charge in [-0.2, -0.15) is 10.5 Å². The van der Waals surface area contributed by atoms with Gasteiger partial charge in [0.05, 0.1) is 84.1 Å². The number of aromatic nitrogens is 7. The molecule has 0 saturated heterocycles. The molecule has 0 aliphatic heterocycles. The molecule has 9 heteroatoms. The molecule has 0 aliphatic rings. The van der Waals surface area contributed by atoms with Crippen molar-refractivity contribution in [1.82, 2.24) is 33.6 Å². The number of fused-ring (bicyclic) bond motifs is 9. The summed E-state index contributed by atoms with van der Waals surface area (Å²) in [6.45, 7) is 0. The Morgan fingerprint density at radius 3 is 0.863 bits per heavy atom. The van der Waals surface area contributed by atoms with Crippen molar-refractivity contribution in [3.63, 3.8) is 0 Å². The molecule has 0 radical (unpaired) electrons. The lowest BCUT2D eigenvalue weighted by Gasteiger charge is -2.24. The fourth-order valence-corrected chi connectivity index (χ4v) is 10.9. The van der Waals surface area contributed by atoms with E-state index >= 15 is 0 Å². The molecule has 7 aromatic carbocycles. The summed E-state index contributed by atoms with van der Waals surface area (Å²) in [4.78, 5) is 19.0. The number of nitriles is 2. The number of benzene rings is 7. The largest absolute Gasteiger partial charge is 0.306 e. The minimum Gasteiger partial charge on any atom is -0.306 e. The van der Waals surface area contributed by atoms with Crippen LogP contribution in [0.3, 0.4) is 0 Å². The van der Waals surface area contributed by atoms with Gasteiger partial charge in [-0.05, 0) is 115 Å². The third kappa shape index (κ3) is 6.47. The van der Waals surface area contributed by atoms with E-state index in [0.29, 0.717) is 28.2 Å². The van der Waals surface area contributed by atoms with Crippen LogP contribution in [-0.2, 0) is 0 Å². The quantitative estimate of drug-likeness (QED) is 0.157. The second-order valence-corrected chi connectivity index (χ2v) is 18.1. The minimum absolute atomic E-state index is 0.342. The van der Waals surface area contributed by atoms with Crippen molar-refractivity contribution >= 4 is 65.4 Å². The smallest absolute Gasteiger partial charge is 0.101 e. The molecule has 0 unspecified atom stereocenters. The number of hydrogen-bond acceptors (Lipinski definition) is 6. The molecular weight excluding hydrogens is 895 g/mol. The average Bonchev–Trinajstić information content (AvgIpc) is 4.10. The summed E-state index contributed by atoms with van der Waals surface area (Å²) in [6, 6.07) is 73.2. The first-order valence-electron chi connectivity index (χ1n) is 24.0. The van der Waals surface area contributed by atoms with E-state index in [1.807, 2.05) is 110 Å². The second kappa shape index (κ2) is 16.6. The Labute approximate surface area is 418 Å². The second-order valence-electron chi connectivity index (χ2n) is 18.1. The van der Waals surface area contributed by atoms with Crippen LogP contribution in [0.4, 0.5) is 0 Å². The molecule has 73 heavy (non-hydrogen) atoms. The van der Waals surface area contributed by atoms with E-state index in [1.54, 1.807) is 6.07 Å². The van der Waals surface area contributed by atoms with E-state index in [4.69, 9.17) is 19.9 Å². The number of para-hydroxylation sites is 2. The van der Waals surface area contributed by atoms with Gasteiger partial charge in [-0.25, -0.2) is 0 Å². The molecule has 0 amide bonds. The van der Waals surface area contributed by atoms with E-state index in [0.717, 1.165) is 110 Å². The average molecular weight is 932 g/mol. The number of hydrogen-bond donors (Lipinski definition) is 0. The van der Waals surface area contributed by atoms with E-state index in [1.165, 1.54) is 0 Å². The summed E-state index contributed by atoms with van der Waals surface area (Å²) in [7, 11) is 0. The van der Waals surface area contributed by atoms with Crippen LogP contribution in [0.15, 0.2) is 225 Å². The van der Waals surface area contributed by atoms with Crippen molar-refractivity contribution in [2.75, 3.05) is 0 Å². The third-order valence-electron chi connectivity index (χ3n) is 14.1. The first-order chi connectivity index (χ1) is 36.1. The Morgan fingerprint density at radius 2 is 0.562 bits per heavy atom. The Bertz CT molecular complexity index is 4130. The number of rotatable bonds is 7. The van der Waals surface area contributed by atoms with Gasteiger partial charge in [0.2, 0.25) is 0 Å². The van der Waals surface area contributed by atoms with Crippen molar-refractivity contribution in [2.45, 2.75) is 0 Å². The van der Waals surface area contributed by atoms with Crippen LogP contribution in [0.5, 0.6) is 0 Å². The monoisotopic (exact) mass is 931 g/mol. The predicted octanol–water partition coefficient (Wildman–Crippen LogP) is 15.0. The van der Waals surface area contributed by atoms with Crippen LogP contribution < -0.4 is 0 Å². The van der Waals surface area contributed by atoms with Crippen molar-refractivity contribution in [1.29, 1.82) is 10.5 Å². The molecule has 0 N–H and O–H groups in total. The summed E-state index contributed by atoms with van der Waals surface area (Å²) >= 11 is 0. The highest BCUT2D eigenvalue weighted by molar-refractivity contribution is 6.16. The van der Waals surface area contributed by atoms with Crippen molar-refractivity contribution in [3.05, 3.63) is 236 Å². The summed E-state index contributed by atoms with van der Waals surface area (Å²) in [5.41, 5.74) is 15.2. The third-order valence-corrected chi connectivity index (χ3v) is 14.1. The van der Waals surface area contributed by atoms with Gasteiger partial charge >= 0.3 is 0 Å². The zero-order chi connectivity index (χ0) is 48.6. The molecule has 0 spiro atoms. The van der Waals surface area contributed by atoms with Crippen LogP contribution in [0.25, 0.3) is 128 Å². The SMILES string of the molecule is N#Cc1cc(C#N)c(-n2c3ccc(-c4ccccn4)cc3c3cc(-c4ccccn4)ccc32)c(-n2c3ccccc3c3ccccc32)c1-n1c2ccc(-c3ccccn3)cc2c2cc(-c3ccccn3)ccc21. The molecule has 0 aliphatic carbocycles. The van der Waals surface area contributed by atoms with Gasteiger partial charge in [-0.1, -0.05) is 84.9 Å². The Morgan fingerprint density at radius 1 is 0.274 bits per heavy atom. The van der Waals surface area contributed by atoms with E-state index in [9.17, 15) is 10.5 Å². The van der Waals surface area contributed by atoms with Gasteiger partial charge < -0.3 is 13.7 Å². The van der Waals surface area contributed by atoms with Crippen molar-refractivity contribution in [3.8, 4) is 74.2 Å². The summed E-state index contributed by atoms with van der Waals surface area (Å²) in [6.07, 6.45) is 7.24. The molecule has 0 fully saturated rings. The zero-order valence-corrected chi connectivity index (χ0v) is 38.9.